The minimum atomic E-state index is 0. The van der Waals surface area contributed by atoms with E-state index in [0.29, 0.717) is 6.54 Å². The summed E-state index contributed by atoms with van der Waals surface area (Å²) >= 11 is 1.74. The lowest BCUT2D eigenvalue weighted by Gasteiger charge is -2.37. The third-order valence-electron chi connectivity index (χ3n) is 3.92. The zero-order chi connectivity index (χ0) is 16.7. The molecule has 2 heterocycles. The molecule has 0 radical (unpaired) electrons. The maximum atomic E-state index is 4.80. The molecule has 0 amide bonds. The van der Waals surface area contributed by atoms with Gasteiger partial charge in [-0.2, -0.15) is 0 Å². The van der Waals surface area contributed by atoms with Crippen LogP contribution in [0.25, 0.3) is 0 Å². The zero-order valence-corrected chi connectivity index (χ0v) is 18.6. The Kier molecular flexibility index (Phi) is 10.1. The Morgan fingerprint density at radius 1 is 1.29 bits per heavy atom. The van der Waals surface area contributed by atoms with E-state index in [2.05, 4.69) is 53.2 Å². The number of guanidine groups is 1. The van der Waals surface area contributed by atoms with Crippen molar-refractivity contribution in [1.29, 1.82) is 0 Å². The summed E-state index contributed by atoms with van der Waals surface area (Å²) in [7, 11) is 0. The van der Waals surface area contributed by atoms with Crippen molar-refractivity contribution in [2.75, 3.05) is 39.3 Å². The first-order chi connectivity index (χ1) is 11.1. The number of aliphatic imine (C=N–C) groups is 1. The average Bonchev–Trinajstić information content (AvgIpc) is 3.00. The van der Waals surface area contributed by atoms with E-state index in [1.54, 1.807) is 11.3 Å². The lowest BCUT2D eigenvalue weighted by atomic mass is 10.2. The van der Waals surface area contributed by atoms with Crippen molar-refractivity contribution in [3.63, 3.8) is 0 Å². The highest BCUT2D eigenvalue weighted by Gasteiger charge is 2.19. The van der Waals surface area contributed by atoms with Crippen LogP contribution in [-0.4, -0.2) is 60.0 Å². The van der Waals surface area contributed by atoms with E-state index >= 15 is 0 Å². The van der Waals surface area contributed by atoms with Crippen molar-refractivity contribution < 1.29 is 0 Å². The number of hydrogen-bond acceptors (Lipinski definition) is 4. The predicted molar refractivity (Wildman–Crippen MR) is 115 cm³/mol. The van der Waals surface area contributed by atoms with Crippen LogP contribution >= 0.6 is 35.3 Å². The first kappa shape index (κ1) is 21.6. The van der Waals surface area contributed by atoms with Gasteiger partial charge in [0.15, 0.2) is 5.96 Å². The molecule has 24 heavy (non-hydrogen) atoms. The SMILES string of the molecule is CCNC(=NCc1csc(CC)n1)N1CCN(CC(C)C)CC1.I. The van der Waals surface area contributed by atoms with Gasteiger partial charge in [-0.25, -0.2) is 9.98 Å². The molecular weight excluding hydrogens is 433 g/mol. The first-order valence-corrected chi connectivity index (χ1v) is 9.69. The van der Waals surface area contributed by atoms with Crippen LogP contribution in [0.2, 0.25) is 0 Å². The quantitative estimate of drug-likeness (QED) is 0.399. The normalized spacial score (nSPS) is 16.4. The molecule has 138 valence electrons. The first-order valence-electron chi connectivity index (χ1n) is 8.81. The Hall–Kier alpha value is -0.410. The second-order valence-electron chi connectivity index (χ2n) is 6.44. The van der Waals surface area contributed by atoms with E-state index in [9.17, 15) is 0 Å². The Bertz CT molecular complexity index is 495. The summed E-state index contributed by atoms with van der Waals surface area (Å²) in [5, 5.41) is 6.76. The summed E-state index contributed by atoms with van der Waals surface area (Å²) in [5.41, 5.74) is 1.08. The summed E-state index contributed by atoms with van der Waals surface area (Å²) in [4.78, 5) is 14.3. The second kappa shape index (κ2) is 11.3. The lowest BCUT2D eigenvalue weighted by Crippen LogP contribution is -2.53. The van der Waals surface area contributed by atoms with Crippen molar-refractivity contribution >= 4 is 41.3 Å². The summed E-state index contributed by atoms with van der Waals surface area (Å²) in [6.07, 6.45) is 1.01. The fraction of sp³-hybridized carbons (Fsp3) is 0.765. The molecule has 5 nitrogen and oxygen atoms in total. The molecule has 2 rings (SSSR count). The molecule has 0 spiro atoms. The number of halogens is 1. The molecule has 1 aromatic heterocycles. The van der Waals surface area contributed by atoms with E-state index in [1.807, 2.05) is 0 Å². The maximum Gasteiger partial charge on any atom is 0.194 e. The molecule has 0 bridgehead atoms. The maximum absolute atomic E-state index is 4.80. The molecule has 1 N–H and O–H groups in total. The Labute approximate surface area is 168 Å². The molecule has 0 atom stereocenters. The number of nitrogens with one attached hydrogen (secondary N) is 1. The standard InChI is InChI=1S/C17H31N5S.HI/c1-5-16-20-15(13-23-16)11-19-17(18-6-2)22-9-7-21(8-10-22)12-14(3)4;/h13-14H,5-12H2,1-4H3,(H,18,19);1H. The van der Waals surface area contributed by atoms with Crippen LogP contribution in [0.3, 0.4) is 0 Å². The predicted octanol–water partition coefficient (Wildman–Crippen LogP) is 3.06. The number of rotatable bonds is 6. The van der Waals surface area contributed by atoms with Gasteiger partial charge in [0.2, 0.25) is 0 Å². The van der Waals surface area contributed by atoms with Crippen LogP contribution < -0.4 is 5.32 Å². The van der Waals surface area contributed by atoms with Gasteiger partial charge < -0.3 is 10.2 Å². The molecule has 0 aromatic carbocycles. The van der Waals surface area contributed by atoms with Crippen molar-refractivity contribution in [2.45, 2.75) is 40.7 Å². The van der Waals surface area contributed by atoms with Gasteiger partial charge in [0.25, 0.3) is 0 Å². The molecule has 0 saturated carbocycles. The number of nitrogens with zero attached hydrogens (tertiary/aromatic N) is 4. The third kappa shape index (κ3) is 6.84. The van der Waals surface area contributed by atoms with E-state index in [4.69, 9.17) is 4.99 Å². The highest BCUT2D eigenvalue weighted by atomic mass is 127. The van der Waals surface area contributed by atoms with Crippen LogP contribution in [0.1, 0.15) is 38.4 Å². The zero-order valence-electron chi connectivity index (χ0n) is 15.4. The van der Waals surface area contributed by atoms with Crippen molar-refractivity contribution in [3.05, 3.63) is 16.1 Å². The summed E-state index contributed by atoms with van der Waals surface area (Å²) in [5.74, 6) is 1.77. The van der Waals surface area contributed by atoms with E-state index in [-0.39, 0.29) is 24.0 Å². The van der Waals surface area contributed by atoms with Crippen LogP contribution in [0, 0.1) is 5.92 Å². The van der Waals surface area contributed by atoms with Gasteiger partial charge in [0.05, 0.1) is 17.2 Å². The van der Waals surface area contributed by atoms with Gasteiger partial charge in [-0.1, -0.05) is 20.8 Å². The Morgan fingerprint density at radius 3 is 2.54 bits per heavy atom. The van der Waals surface area contributed by atoms with Crippen molar-refractivity contribution in [2.24, 2.45) is 10.9 Å². The minimum Gasteiger partial charge on any atom is -0.357 e. The minimum absolute atomic E-state index is 0. The fourth-order valence-corrected chi connectivity index (χ4v) is 3.56. The van der Waals surface area contributed by atoms with E-state index in [0.717, 1.165) is 56.7 Å². The molecular formula is C17H32IN5S. The van der Waals surface area contributed by atoms with E-state index in [1.165, 1.54) is 11.6 Å². The number of hydrogen-bond donors (Lipinski definition) is 1. The third-order valence-corrected chi connectivity index (χ3v) is 4.96. The Balaban J connectivity index is 0.00000288. The topological polar surface area (TPSA) is 43.8 Å². The number of piperazine rings is 1. The van der Waals surface area contributed by atoms with Crippen LogP contribution in [0.5, 0.6) is 0 Å². The molecule has 0 aliphatic carbocycles. The average molecular weight is 465 g/mol. The van der Waals surface area contributed by atoms with E-state index < -0.39 is 0 Å². The number of aromatic nitrogens is 1. The van der Waals surface area contributed by atoms with Crippen LogP contribution in [0.4, 0.5) is 0 Å². The summed E-state index contributed by atoms with van der Waals surface area (Å²) in [6.45, 7) is 16.0. The van der Waals surface area contributed by atoms with Gasteiger partial charge in [-0.15, -0.1) is 35.3 Å². The van der Waals surface area contributed by atoms with Crippen molar-refractivity contribution in [3.8, 4) is 0 Å². The highest BCUT2D eigenvalue weighted by Crippen LogP contribution is 2.11. The molecule has 1 aliphatic rings. The van der Waals surface area contributed by atoms with Gasteiger partial charge in [0.1, 0.15) is 0 Å². The second-order valence-corrected chi connectivity index (χ2v) is 7.38. The summed E-state index contributed by atoms with van der Waals surface area (Å²) in [6, 6.07) is 0. The monoisotopic (exact) mass is 465 g/mol. The largest absolute Gasteiger partial charge is 0.357 e. The fourth-order valence-electron chi connectivity index (χ4n) is 2.82. The molecule has 1 aromatic rings. The van der Waals surface area contributed by atoms with Crippen LogP contribution in [0.15, 0.2) is 10.4 Å². The molecule has 7 heteroatoms. The Morgan fingerprint density at radius 2 is 2.00 bits per heavy atom. The summed E-state index contributed by atoms with van der Waals surface area (Å²) < 4.78 is 0. The number of aryl methyl sites for hydroxylation is 1. The van der Waals surface area contributed by atoms with Gasteiger partial charge in [0, 0.05) is 44.6 Å². The van der Waals surface area contributed by atoms with Gasteiger partial charge >= 0.3 is 0 Å². The molecule has 0 unspecified atom stereocenters. The van der Waals surface area contributed by atoms with Gasteiger partial charge in [-0.3, -0.25) is 4.90 Å². The highest BCUT2D eigenvalue weighted by molar-refractivity contribution is 14.0. The number of thiazole rings is 1. The molecule has 1 aliphatic heterocycles. The van der Waals surface area contributed by atoms with Crippen molar-refractivity contribution in [1.82, 2.24) is 20.1 Å². The molecule has 1 saturated heterocycles. The van der Waals surface area contributed by atoms with Gasteiger partial charge in [-0.05, 0) is 19.3 Å². The lowest BCUT2D eigenvalue weighted by molar-refractivity contribution is 0.164. The smallest absolute Gasteiger partial charge is 0.194 e. The molecule has 1 fully saturated rings. The van der Waals surface area contributed by atoms with Crippen LogP contribution in [-0.2, 0) is 13.0 Å².